The first-order valence-corrected chi connectivity index (χ1v) is 12.9. The lowest BCUT2D eigenvalue weighted by Gasteiger charge is -2.40. The van der Waals surface area contributed by atoms with Crippen molar-refractivity contribution in [1.29, 1.82) is 0 Å². The van der Waals surface area contributed by atoms with Gasteiger partial charge in [0.2, 0.25) is 5.91 Å². The van der Waals surface area contributed by atoms with Crippen molar-refractivity contribution >= 4 is 17.5 Å². The van der Waals surface area contributed by atoms with Crippen molar-refractivity contribution in [3.8, 4) is 0 Å². The van der Waals surface area contributed by atoms with Crippen LogP contribution in [0.25, 0.3) is 0 Å². The first-order valence-electron chi connectivity index (χ1n) is 12.9. The summed E-state index contributed by atoms with van der Waals surface area (Å²) in [5.41, 5.74) is 1.68. The number of rotatable bonds is 9. The van der Waals surface area contributed by atoms with Crippen LogP contribution < -0.4 is 4.90 Å². The highest BCUT2D eigenvalue weighted by Gasteiger charge is 2.40. The van der Waals surface area contributed by atoms with Crippen LogP contribution in [0.4, 0.5) is 5.69 Å². The Morgan fingerprint density at radius 2 is 1.69 bits per heavy atom. The topological polar surface area (TPSA) is 43.9 Å². The molecule has 2 amide bonds. The van der Waals surface area contributed by atoms with Gasteiger partial charge in [0.1, 0.15) is 0 Å². The van der Waals surface area contributed by atoms with E-state index in [1.54, 1.807) is 0 Å². The van der Waals surface area contributed by atoms with E-state index in [9.17, 15) is 9.59 Å². The Morgan fingerprint density at radius 1 is 1.06 bits per heavy atom. The third-order valence-electron chi connectivity index (χ3n) is 8.10. The number of piperidine rings is 1. The molecule has 0 N–H and O–H groups in total. The summed E-state index contributed by atoms with van der Waals surface area (Å²) in [5, 5.41) is 0. The summed E-state index contributed by atoms with van der Waals surface area (Å²) >= 11 is 0. The maximum atomic E-state index is 13.8. The van der Waals surface area contributed by atoms with Gasteiger partial charge in [-0.2, -0.15) is 0 Å². The van der Waals surface area contributed by atoms with E-state index in [2.05, 4.69) is 30.7 Å². The molecule has 4 rings (SSSR count). The molecular weight excluding hydrogens is 398 g/mol. The van der Waals surface area contributed by atoms with Crippen LogP contribution in [-0.4, -0.2) is 59.9 Å². The Bertz CT molecular complexity index is 773. The van der Waals surface area contributed by atoms with Crippen LogP contribution in [0.1, 0.15) is 88.4 Å². The van der Waals surface area contributed by atoms with E-state index in [4.69, 9.17) is 0 Å². The molecule has 2 unspecified atom stereocenters. The highest BCUT2D eigenvalue weighted by atomic mass is 16.2. The lowest BCUT2D eigenvalue weighted by molar-refractivity contribution is -0.117. The average Bonchev–Trinajstić information content (AvgIpc) is 3.29. The molecule has 5 nitrogen and oxygen atoms in total. The lowest BCUT2D eigenvalue weighted by atomic mass is 9.89. The second-order valence-electron chi connectivity index (χ2n) is 10.3. The van der Waals surface area contributed by atoms with Crippen molar-refractivity contribution in [2.45, 2.75) is 96.2 Å². The first kappa shape index (κ1) is 23.3. The number of benzene rings is 1. The van der Waals surface area contributed by atoms with Crippen LogP contribution in [0.3, 0.4) is 0 Å². The Morgan fingerprint density at radius 3 is 2.22 bits per heavy atom. The summed E-state index contributed by atoms with van der Waals surface area (Å²) in [6.07, 6.45) is 11.0. The molecule has 1 aromatic carbocycles. The maximum absolute atomic E-state index is 13.8. The zero-order valence-electron chi connectivity index (χ0n) is 20.3. The normalized spacial score (nSPS) is 25.7. The summed E-state index contributed by atoms with van der Waals surface area (Å²) in [4.78, 5) is 32.5. The van der Waals surface area contributed by atoms with E-state index in [0.717, 1.165) is 56.4 Å². The second kappa shape index (κ2) is 10.4. The number of hydrogen-bond acceptors (Lipinski definition) is 3. The van der Waals surface area contributed by atoms with Gasteiger partial charge in [0.05, 0.1) is 0 Å². The molecule has 5 heteroatoms. The smallest absolute Gasteiger partial charge is 0.254 e. The van der Waals surface area contributed by atoms with Crippen molar-refractivity contribution in [1.82, 2.24) is 9.80 Å². The predicted molar refractivity (Wildman–Crippen MR) is 130 cm³/mol. The SMILES string of the molecule is CCCC(CCC)N(CC1CC2CCC(C1)N2C)C(=O)c1ccc(N2CCCC2=O)cc1. The molecule has 0 spiro atoms. The molecular formula is C27H41N3O2. The minimum atomic E-state index is 0.169. The Kier molecular flexibility index (Phi) is 7.55. The van der Waals surface area contributed by atoms with E-state index < -0.39 is 0 Å². The van der Waals surface area contributed by atoms with Crippen LogP contribution in [-0.2, 0) is 4.79 Å². The van der Waals surface area contributed by atoms with E-state index in [1.165, 1.54) is 25.7 Å². The van der Waals surface area contributed by atoms with Gasteiger partial charge in [-0.05, 0) is 82.2 Å². The number of nitrogens with zero attached hydrogens (tertiary/aromatic N) is 3. The molecule has 2 atom stereocenters. The number of anilines is 1. The fourth-order valence-electron chi connectivity index (χ4n) is 6.34. The fraction of sp³-hybridized carbons (Fsp3) is 0.704. The molecule has 2 bridgehead atoms. The molecule has 3 aliphatic heterocycles. The van der Waals surface area contributed by atoms with Crippen LogP contribution in [0.15, 0.2) is 24.3 Å². The number of fused-ring (bicyclic) bond motifs is 2. The molecule has 1 aromatic rings. The minimum absolute atomic E-state index is 0.169. The highest BCUT2D eigenvalue weighted by molar-refractivity contribution is 5.97. The van der Waals surface area contributed by atoms with Gasteiger partial charge >= 0.3 is 0 Å². The minimum Gasteiger partial charge on any atom is -0.335 e. The summed E-state index contributed by atoms with van der Waals surface area (Å²) < 4.78 is 0. The standard InChI is InChI=1S/C27H41N3O2/c1-4-7-22(8-5-2)30(19-20-17-24-14-15-25(18-20)28(24)3)27(32)21-10-12-23(13-11-21)29-16-6-9-26(29)31/h10-13,20,22,24-25H,4-9,14-19H2,1-3H3. The van der Waals surface area contributed by atoms with Gasteiger partial charge in [-0.25, -0.2) is 0 Å². The fourth-order valence-corrected chi connectivity index (χ4v) is 6.34. The van der Waals surface area contributed by atoms with Gasteiger partial charge in [0.15, 0.2) is 0 Å². The number of amides is 2. The number of carbonyl (C=O) groups is 2. The van der Waals surface area contributed by atoms with Gasteiger partial charge in [0.25, 0.3) is 5.91 Å². The quantitative estimate of drug-likeness (QED) is 0.538. The zero-order chi connectivity index (χ0) is 22.7. The van der Waals surface area contributed by atoms with Crippen molar-refractivity contribution in [2.24, 2.45) is 5.92 Å². The average molecular weight is 440 g/mol. The van der Waals surface area contributed by atoms with Crippen molar-refractivity contribution < 1.29 is 9.59 Å². The van der Waals surface area contributed by atoms with Crippen molar-refractivity contribution in [3.05, 3.63) is 29.8 Å². The Labute approximate surface area is 194 Å². The summed E-state index contributed by atoms with van der Waals surface area (Å²) in [5.74, 6) is 0.960. The molecule has 0 aliphatic carbocycles. The van der Waals surface area contributed by atoms with Gasteiger partial charge in [-0.15, -0.1) is 0 Å². The van der Waals surface area contributed by atoms with Gasteiger partial charge in [0, 0.05) is 48.9 Å². The van der Waals surface area contributed by atoms with Gasteiger partial charge in [-0.1, -0.05) is 26.7 Å². The van der Waals surface area contributed by atoms with Crippen LogP contribution in [0.5, 0.6) is 0 Å². The molecule has 3 heterocycles. The van der Waals surface area contributed by atoms with Crippen molar-refractivity contribution in [3.63, 3.8) is 0 Å². The van der Waals surface area contributed by atoms with E-state index in [1.807, 2.05) is 29.2 Å². The van der Waals surface area contributed by atoms with Crippen LogP contribution in [0, 0.1) is 5.92 Å². The molecule has 0 saturated carbocycles. The third-order valence-corrected chi connectivity index (χ3v) is 8.10. The number of hydrogen-bond donors (Lipinski definition) is 0. The molecule has 3 aliphatic rings. The molecule has 3 saturated heterocycles. The van der Waals surface area contributed by atoms with Crippen LogP contribution >= 0.6 is 0 Å². The highest BCUT2D eigenvalue weighted by Crippen LogP contribution is 2.38. The first-order chi connectivity index (χ1) is 15.5. The monoisotopic (exact) mass is 439 g/mol. The third kappa shape index (κ3) is 4.88. The van der Waals surface area contributed by atoms with Crippen molar-refractivity contribution in [2.75, 3.05) is 25.0 Å². The molecule has 0 radical (unpaired) electrons. The zero-order valence-corrected chi connectivity index (χ0v) is 20.3. The van der Waals surface area contributed by atoms with E-state index in [-0.39, 0.29) is 11.8 Å². The largest absolute Gasteiger partial charge is 0.335 e. The molecule has 3 fully saturated rings. The summed E-state index contributed by atoms with van der Waals surface area (Å²) in [6.45, 7) is 6.12. The summed E-state index contributed by atoms with van der Waals surface area (Å²) in [6, 6.07) is 9.49. The molecule has 0 aromatic heterocycles. The van der Waals surface area contributed by atoms with Gasteiger partial charge < -0.3 is 14.7 Å². The van der Waals surface area contributed by atoms with Gasteiger partial charge in [-0.3, -0.25) is 9.59 Å². The lowest BCUT2D eigenvalue weighted by Crippen LogP contribution is -2.47. The van der Waals surface area contributed by atoms with E-state index >= 15 is 0 Å². The molecule has 176 valence electrons. The van der Waals surface area contributed by atoms with E-state index in [0.29, 0.717) is 30.5 Å². The second-order valence-corrected chi connectivity index (χ2v) is 10.3. The van der Waals surface area contributed by atoms with Crippen LogP contribution in [0.2, 0.25) is 0 Å². The predicted octanol–water partition coefficient (Wildman–Crippen LogP) is 5.10. The molecule has 32 heavy (non-hydrogen) atoms. The summed E-state index contributed by atoms with van der Waals surface area (Å²) in [7, 11) is 2.28. The Balaban J connectivity index is 1.52. The maximum Gasteiger partial charge on any atom is 0.254 e. The Hall–Kier alpha value is -1.88. The number of carbonyl (C=O) groups excluding carboxylic acids is 2.